The van der Waals surface area contributed by atoms with Crippen LogP contribution in [-0.2, 0) is 13.1 Å². The number of halogens is 1. The van der Waals surface area contributed by atoms with Crippen molar-refractivity contribution in [2.45, 2.75) is 13.1 Å². The first-order chi connectivity index (χ1) is 15.1. The van der Waals surface area contributed by atoms with Crippen LogP contribution in [0.3, 0.4) is 0 Å². The van der Waals surface area contributed by atoms with E-state index in [0.717, 1.165) is 5.56 Å². The van der Waals surface area contributed by atoms with Crippen LogP contribution in [0.25, 0.3) is 10.8 Å². The van der Waals surface area contributed by atoms with Gasteiger partial charge in [-0.3, -0.25) is 14.2 Å². The number of hydrogen-bond acceptors (Lipinski definition) is 4. The van der Waals surface area contributed by atoms with Gasteiger partial charge < -0.3 is 5.32 Å². The number of nitrogens with zero attached hydrogens (tertiary/aromatic N) is 4. The van der Waals surface area contributed by atoms with Gasteiger partial charge in [-0.25, -0.2) is 0 Å². The quantitative estimate of drug-likeness (QED) is 0.384. The van der Waals surface area contributed by atoms with Gasteiger partial charge in [-0.1, -0.05) is 54.1 Å². The number of anilines is 1. The highest BCUT2D eigenvalue weighted by Gasteiger charge is 2.12. The van der Waals surface area contributed by atoms with Gasteiger partial charge in [0.2, 0.25) is 0 Å². The highest BCUT2D eigenvalue weighted by Crippen LogP contribution is 2.21. The minimum Gasteiger partial charge on any atom is -0.319 e. The lowest BCUT2D eigenvalue weighted by Gasteiger charge is -2.06. The van der Waals surface area contributed by atoms with Gasteiger partial charge in [-0.2, -0.15) is 10.2 Å². The summed E-state index contributed by atoms with van der Waals surface area (Å²) in [6.45, 7) is 1.20. The molecule has 0 aliphatic carbocycles. The number of aromatic nitrogens is 4. The monoisotopic (exact) mass is 447 g/mol. The van der Waals surface area contributed by atoms with Crippen LogP contribution >= 0.6 is 22.9 Å². The Hall–Kier alpha value is -3.42. The molecule has 0 spiro atoms. The molecular weight excluding hydrogens is 430 g/mol. The molecule has 0 bridgehead atoms. The molecule has 5 rings (SSSR count). The molecule has 31 heavy (non-hydrogen) atoms. The highest BCUT2D eigenvalue weighted by molar-refractivity contribution is 7.12. The molecule has 0 unspecified atom stereocenters. The van der Waals surface area contributed by atoms with Gasteiger partial charge in [0.25, 0.3) is 5.91 Å². The zero-order valence-corrected chi connectivity index (χ0v) is 18.0. The largest absolute Gasteiger partial charge is 0.319 e. The molecule has 3 heterocycles. The van der Waals surface area contributed by atoms with Crippen LogP contribution in [0.5, 0.6) is 0 Å². The Kier molecular flexibility index (Phi) is 5.28. The first-order valence-corrected chi connectivity index (χ1v) is 11.0. The molecule has 1 N–H and O–H groups in total. The van der Waals surface area contributed by atoms with Crippen LogP contribution in [0.2, 0.25) is 5.02 Å². The number of benzene rings is 2. The van der Waals surface area contributed by atoms with Gasteiger partial charge >= 0.3 is 0 Å². The van der Waals surface area contributed by atoms with Crippen molar-refractivity contribution in [3.05, 3.63) is 99.7 Å². The SMILES string of the molecule is O=C(Nc1cnn(Cc2cccc3ccccc23)c1)c1cc(Cn2cc(Cl)cn2)cs1. The van der Waals surface area contributed by atoms with E-state index in [1.165, 1.54) is 27.7 Å². The smallest absolute Gasteiger partial charge is 0.265 e. The summed E-state index contributed by atoms with van der Waals surface area (Å²) in [7, 11) is 0. The molecule has 154 valence electrons. The average molecular weight is 448 g/mol. The molecule has 6 nitrogen and oxygen atoms in total. The molecule has 0 atom stereocenters. The first kappa shape index (κ1) is 19.5. The van der Waals surface area contributed by atoms with E-state index in [0.29, 0.717) is 28.7 Å². The summed E-state index contributed by atoms with van der Waals surface area (Å²) in [6, 6.07) is 16.4. The molecule has 3 aromatic heterocycles. The Morgan fingerprint density at radius 2 is 1.81 bits per heavy atom. The van der Waals surface area contributed by atoms with Crippen LogP contribution < -0.4 is 5.32 Å². The Morgan fingerprint density at radius 1 is 1.00 bits per heavy atom. The second kappa shape index (κ2) is 8.37. The molecule has 5 aromatic rings. The molecule has 0 aliphatic heterocycles. The van der Waals surface area contributed by atoms with Gasteiger partial charge in [-0.05, 0) is 33.3 Å². The number of nitrogens with one attached hydrogen (secondary N) is 1. The van der Waals surface area contributed by atoms with E-state index in [1.807, 2.05) is 34.5 Å². The normalized spacial score (nSPS) is 11.1. The molecule has 0 aliphatic rings. The van der Waals surface area contributed by atoms with Crippen molar-refractivity contribution in [1.82, 2.24) is 19.6 Å². The molecular formula is C23H18ClN5OS. The molecule has 1 amide bonds. The maximum Gasteiger partial charge on any atom is 0.265 e. The number of thiophene rings is 1. The van der Waals surface area contributed by atoms with Crippen LogP contribution in [0.1, 0.15) is 20.8 Å². The van der Waals surface area contributed by atoms with Gasteiger partial charge in [0.05, 0.1) is 41.1 Å². The second-order valence-electron chi connectivity index (χ2n) is 7.19. The van der Waals surface area contributed by atoms with Crippen molar-refractivity contribution >= 4 is 45.3 Å². The maximum absolute atomic E-state index is 12.6. The fourth-order valence-corrected chi connectivity index (χ4v) is 4.46. The third-order valence-electron chi connectivity index (χ3n) is 4.93. The zero-order chi connectivity index (χ0) is 21.2. The summed E-state index contributed by atoms with van der Waals surface area (Å²) in [5.41, 5.74) is 2.85. The van der Waals surface area contributed by atoms with Crippen molar-refractivity contribution in [3.63, 3.8) is 0 Å². The molecule has 0 radical (unpaired) electrons. The van der Waals surface area contributed by atoms with Crippen LogP contribution in [0.15, 0.2) is 78.7 Å². The second-order valence-corrected chi connectivity index (χ2v) is 8.54. The summed E-state index contributed by atoms with van der Waals surface area (Å²) in [6.07, 6.45) is 6.87. The molecule has 2 aromatic carbocycles. The van der Waals surface area contributed by atoms with E-state index < -0.39 is 0 Å². The van der Waals surface area contributed by atoms with Gasteiger partial charge in [0.15, 0.2) is 0 Å². The van der Waals surface area contributed by atoms with Gasteiger partial charge in [-0.15, -0.1) is 11.3 Å². The van der Waals surface area contributed by atoms with E-state index in [-0.39, 0.29) is 5.91 Å². The summed E-state index contributed by atoms with van der Waals surface area (Å²) in [5.74, 6) is -0.153. The van der Waals surface area contributed by atoms with Crippen molar-refractivity contribution < 1.29 is 4.79 Å². The van der Waals surface area contributed by atoms with Crippen LogP contribution in [-0.4, -0.2) is 25.5 Å². The number of hydrogen-bond donors (Lipinski definition) is 1. The van der Waals surface area contributed by atoms with E-state index in [9.17, 15) is 4.79 Å². The lowest BCUT2D eigenvalue weighted by Crippen LogP contribution is -2.09. The Balaban J connectivity index is 1.26. The van der Waals surface area contributed by atoms with Crippen LogP contribution in [0.4, 0.5) is 5.69 Å². The zero-order valence-electron chi connectivity index (χ0n) is 16.4. The molecule has 8 heteroatoms. The Labute approximate surface area is 187 Å². The number of rotatable bonds is 6. The average Bonchev–Trinajstić information content (AvgIpc) is 3.51. The maximum atomic E-state index is 12.6. The lowest BCUT2D eigenvalue weighted by molar-refractivity contribution is 0.103. The van der Waals surface area contributed by atoms with Gasteiger partial charge in [0, 0.05) is 12.4 Å². The summed E-state index contributed by atoms with van der Waals surface area (Å²) < 4.78 is 3.57. The van der Waals surface area contributed by atoms with E-state index in [4.69, 9.17) is 11.6 Å². The van der Waals surface area contributed by atoms with Crippen molar-refractivity contribution in [3.8, 4) is 0 Å². The number of carbonyl (C=O) groups is 1. The van der Waals surface area contributed by atoms with Crippen molar-refractivity contribution in [2.24, 2.45) is 0 Å². The van der Waals surface area contributed by atoms with Crippen LogP contribution in [0, 0.1) is 0 Å². The van der Waals surface area contributed by atoms with E-state index in [1.54, 1.807) is 23.3 Å². The summed E-state index contributed by atoms with van der Waals surface area (Å²) in [5, 5.41) is 16.5. The predicted octanol–water partition coefficient (Wildman–Crippen LogP) is 5.30. The molecule has 0 saturated heterocycles. The topological polar surface area (TPSA) is 64.7 Å². The summed E-state index contributed by atoms with van der Waals surface area (Å²) in [4.78, 5) is 13.3. The Bertz CT molecular complexity index is 1360. The first-order valence-electron chi connectivity index (χ1n) is 9.70. The predicted molar refractivity (Wildman–Crippen MR) is 124 cm³/mol. The molecule has 0 fully saturated rings. The fourth-order valence-electron chi connectivity index (χ4n) is 3.50. The fraction of sp³-hybridized carbons (Fsp3) is 0.0870. The third-order valence-corrected chi connectivity index (χ3v) is 6.10. The minimum absolute atomic E-state index is 0.153. The number of fused-ring (bicyclic) bond motifs is 1. The number of amides is 1. The highest BCUT2D eigenvalue weighted by atomic mass is 35.5. The summed E-state index contributed by atoms with van der Waals surface area (Å²) >= 11 is 7.30. The lowest BCUT2D eigenvalue weighted by atomic mass is 10.0. The Morgan fingerprint density at radius 3 is 2.68 bits per heavy atom. The standard InChI is InChI=1S/C23H18ClN5OS/c24-19-9-25-28(13-19)11-16-8-22(31-15-16)23(30)27-20-10-26-29(14-20)12-18-6-3-5-17-4-1-2-7-21(17)18/h1-10,13-15H,11-12H2,(H,27,30). The van der Waals surface area contributed by atoms with E-state index >= 15 is 0 Å². The van der Waals surface area contributed by atoms with E-state index in [2.05, 4.69) is 45.8 Å². The van der Waals surface area contributed by atoms with Gasteiger partial charge in [0.1, 0.15) is 0 Å². The third kappa shape index (κ3) is 4.38. The number of carbonyl (C=O) groups excluding carboxylic acids is 1. The molecule has 0 saturated carbocycles. The minimum atomic E-state index is -0.153. The van der Waals surface area contributed by atoms with Crippen molar-refractivity contribution in [1.29, 1.82) is 0 Å². The van der Waals surface area contributed by atoms with Crippen molar-refractivity contribution in [2.75, 3.05) is 5.32 Å².